The highest BCUT2D eigenvalue weighted by molar-refractivity contribution is 7.13. The van der Waals surface area contributed by atoms with Crippen molar-refractivity contribution in [2.75, 3.05) is 50.7 Å². The van der Waals surface area contributed by atoms with E-state index >= 15 is 8.78 Å². The summed E-state index contributed by atoms with van der Waals surface area (Å²) in [4.78, 5) is 46.2. The van der Waals surface area contributed by atoms with Crippen LogP contribution in [-0.2, 0) is 9.59 Å². The molecular formula is C36H40F4N10O3S. The molecule has 4 aliphatic rings. The van der Waals surface area contributed by atoms with Crippen LogP contribution in [0.2, 0.25) is 0 Å². The third-order valence-corrected chi connectivity index (χ3v) is 12.1. The number of nitrogens with two attached hydrogens (primary N) is 1. The lowest BCUT2D eigenvalue weighted by molar-refractivity contribution is -0.134. The van der Waals surface area contributed by atoms with E-state index in [9.17, 15) is 23.2 Å². The Labute approximate surface area is 312 Å². The van der Waals surface area contributed by atoms with Gasteiger partial charge in [0.2, 0.25) is 11.8 Å². The highest BCUT2D eigenvalue weighted by Crippen LogP contribution is 2.36. The largest absolute Gasteiger partial charge is 0.371 e. The minimum Gasteiger partial charge on any atom is -0.371 e. The first-order valence-corrected chi connectivity index (χ1v) is 19.1. The molecule has 4 aromatic rings. The van der Waals surface area contributed by atoms with Crippen LogP contribution < -0.4 is 16.0 Å². The number of nitrogens with zero attached hydrogens (tertiary/aromatic N) is 8. The van der Waals surface area contributed by atoms with Gasteiger partial charge in [-0.05, 0) is 44.2 Å². The van der Waals surface area contributed by atoms with Gasteiger partial charge in [-0.25, -0.2) is 27.2 Å². The van der Waals surface area contributed by atoms with E-state index in [0.717, 1.165) is 58.4 Å². The Hall–Kier alpha value is -4.68. The van der Waals surface area contributed by atoms with Gasteiger partial charge in [-0.2, -0.15) is 10.2 Å². The average molecular weight is 769 g/mol. The first-order chi connectivity index (χ1) is 26.0. The molecule has 3 amide bonds. The summed E-state index contributed by atoms with van der Waals surface area (Å²) in [6.07, 6.45) is 5.63. The number of piperazine rings is 1. The average Bonchev–Trinajstić information content (AvgIpc) is 3.91. The molecule has 3 aliphatic heterocycles. The summed E-state index contributed by atoms with van der Waals surface area (Å²) >= 11 is 1.22. The molecule has 1 aromatic carbocycles. The van der Waals surface area contributed by atoms with Crippen LogP contribution in [0.4, 0.5) is 23.2 Å². The number of aromatic nitrogens is 5. The van der Waals surface area contributed by atoms with E-state index in [2.05, 4.69) is 30.3 Å². The van der Waals surface area contributed by atoms with E-state index in [1.54, 1.807) is 22.5 Å². The number of hydrogen-bond acceptors (Lipinski definition) is 10. The number of imide groups is 1. The van der Waals surface area contributed by atoms with Crippen molar-refractivity contribution < 1.29 is 31.9 Å². The van der Waals surface area contributed by atoms with E-state index in [1.807, 2.05) is 4.90 Å². The summed E-state index contributed by atoms with van der Waals surface area (Å²) < 4.78 is 61.4. The number of carbonyl (C=O) groups is 3. The monoisotopic (exact) mass is 768 g/mol. The van der Waals surface area contributed by atoms with Crippen molar-refractivity contribution in [2.45, 2.75) is 63.0 Å². The number of halogens is 4. The number of amides is 3. The smallest absolute Gasteiger partial charge is 0.284 e. The van der Waals surface area contributed by atoms with Crippen LogP contribution in [0.1, 0.15) is 78.7 Å². The number of nitrogens with one attached hydrogen (secondary N) is 1. The molecule has 1 saturated carbocycles. The molecule has 0 spiro atoms. The van der Waals surface area contributed by atoms with Crippen molar-refractivity contribution in [3.05, 3.63) is 64.7 Å². The maximum atomic E-state index is 15.0. The van der Waals surface area contributed by atoms with Crippen molar-refractivity contribution >= 4 is 34.7 Å². The van der Waals surface area contributed by atoms with E-state index < -0.39 is 41.7 Å². The Bertz CT molecular complexity index is 2020. The number of carbonyl (C=O) groups excluding carboxylic acids is 3. The van der Waals surface area contributed by atoms with Crippen LogP contribution in [0.3, 0.4) is 0 Å². The molecule has 1 atom stereocenters. The quantitative estimate of drug-likeness (QED) is 0.179. The van der Waals surface area contributed by atoms with Crippen LogP contribution in [0.15, 0.2) is 36.1 Å². The lowest BCUT2D eigenvalue weighted by Crippen LogP contribution is -2.56. The second kappa shape index (κ2) is 14.9. The minimum atomic E-state index is -2.78. The number of alkyl halides is 2. The van der Waals surface area contributed by atoms with Gasteiger partial charge in [0, 0.05) is 92.6 Å². The van der Waals surface area contributed by atoms with E-state index in [1.165, 1.54) is 34.3 Å². The Morgan fingerprint density at radius 3 is 2.33 bits per heavy atom. The fourth-order valence-electron chi connectivity index (χ4n) is 8.32. The molecule has 6 heterocycles. The molecule has 0 bridgehead atoms. The van der Waals surface area contributed by atoms with E-state index in [-0.39, 0.29) is 41.5 Å². The Morgan fingerprint density at radius 2 is 1.69 bits per heavy atom. The molecule has 13 nitrogen and oxygen atoms in total. The van der Waals surface area contributed by atoms with E-state index in [4.69, 9.17) is 5.73 Å². The summed E-state index contributed by atoms with van der Waals surface area (Å²) in [6, 6.07) is 2.99. The summed E-state index contributed by atoms with van der Waals surface area (Å²) in [6.45, 7) is 6.01. The van der Waals surface area contributed by atoms with Crippen LogP contribution >= 0.6 is 11.3 Å². The Morgan fingerprint density at radius 1 is 0.981 bits per heavy atom. The SMILES string of the molecule is NC(=O)c1csc(-c2cnn(-c3cn(C4CCC(N5CCN(CC6CN(c7cc(F)c([C@H]8CCC(=O)NC8=O)c(F)c7)C6)CC5)CC4)nc3C(F)F)c2)n1. The van der Waals surface area contributed by atoms with Gasteiger partial charge in [0.15, 0.2) is 5.69 Å². The van der Waals surface area contributed by atoms with Crippen molar-refractivity contribution in [3.63, 3.8) is 0 Å². The summed E-state index contributed by atoms with van der Waals surface area (Å²) in [5.74, 6) is -3.90. The summed E-state index contributed by atoms with van der Waals surface area (Å²) in [5, 5.41) is 12.8. The molecule has 3 saturated heterocycles. The second-order valence-corrected chi connectivity index (χ2v) is 15.5. The molecule has 1 aliphatic carbocycles. The first kappa shape index (κ1) is 36.3. The van der Waals surface area contributed by atoms with Crippen LogP contribution in [-0.4, -0.2) is 104 Å². The van der Waals surface area contributed by atoms with Crippen molar-refractivity contribution in [2.24, 2.45) is 11.7 Å². The number of anilines is 1. The second-order valence-electron chi connectivity index (χ2n) is 14.7. The molecule has 0 unspecified atom stereocenters. The highest BCUT2D eigenvalue weighted by atomic mass is 32.1. The highest BCUT2D eigenvalue weighted by Gasteiger charge is 2.36. The Kier molecular flexibility index (Phi) is 9.99. The molecule has 0 radical (unpaired) electrons. The molecule has 3 aromatic heterocycles. The van der Waals surface area contributed by atoms with Crippen molar-refractivity contribution in [1.82, 2.24) is 39.7 Å². The predicted octanol–water partition coefficient (Wildman–Crippen LogP) is 4.26. The molecule has 8 rings (SSSR count). The molecule has 18 heteroatoms. The van der Waals surface area contributed by atoms with Gasteiger partial charge >= 0.3 is 0 Å². The standard InChI is InChI=1S/C36H40F4N10O3S/c37-26-11-24(12-27(38)31(26)25-5-6-30(51)44-35(25)53)48-15-20(16-48)14-46-7-9-47(10-8-46)22-1-3-23(4-2-22)49-18-29(32(45-49)33(39)40)50-17-21(13-42-50)36-43-28(19-54-36)34(41)52/h11-13,17-20,22-23,25,33H,1-10,14-16H2,(H2,41,52)(H,44,51,53)/t22?,23?,25-/m1/s1. The van der Waals surface area contributed by atoms with Crippen LogP contribution in [0.5, 0.6) is 0 Å². The normalized spacial score (nSPS) is 23.2. The lowest BCUT2D eigenvalue weighted by Gasteiger charge is -2.46. The minimum absolute atomic E-state index is 0.00180. The number of primary amides is 1. The van der Waals surface area contributed by atoms with Gasteiger partial charge in [0.1, 0.15) is 28.0 Å². The summed E-state index contributed by atoms with van der Waals surface area (Å²) in [7, 11) is 0. The first-order valence-electron chi connectivity index (χ1n) is 18.2. The van der Waals surface area contributed by atoms with Crippen molar-refractivity contribution in [3.8, 4) is 16.3 Å². The van der Waals surface area contributed by atoms with Gasteiger partial charge in [-0.1, -0.05) is 0 Å². The zero-order valence-corrected chi connectivity index (χ0v) is 30.2. The van der Waals surface area contributed by atoms with E-state index in [0.29, 0.717) is 41.3 Å². The maximum Gasteiger partial charge on any atom is 0.284 e. The lowest BCUT2D eigenvalue weighted by atomic mass is 9.89. The molecular weight excluding hydrogens is 729 g/mol. The fraction of sp³-hybridized carbons (Fsp3) is 0.500. The number of thiazole rings is 1. The number of piperidine rings is 1. The number of rotatable bonds is 10. The van der Waals surface area contributed by atoms with Gasteiger partial charge < -0.3 is 15.5 Å². The third kappa shape index (κ3) is 7.25. The van der Waals surface area contributed by atoms with Crippen LogP contribution in [0, 0.1) is 17.6 Å². The van der Waals surface area contributed by atoms with Gasteiger partial charge in [-0.15, -0.1) is 11.3 Å². The fourth-order valence-corrected chi connectivity index (χ4v) is 9.10. The van der Waals surface area contributed by atoms with Gasteiger partial charge in [-0.3, -0.25) is 29.3 Å². The van der Waals surface area contributed by atoms with Crippen LogP contribution in [0.25, 0.3) is 16.3 Å². The Balaban J connectivity index is 0.804. The topological polar surface area (TPSA) is 148 Å². The molecule has 54 heavy (non-hydrogen) atoms. The summed E-state index contributed by atoms with van der Waals surface area (Å²) in [5.41, 5.74) is 6.08. The van der Waals surface area contributed by atoms with Crippen molar-refractivity contribution in [1.29, 1.82) is 0 Å². The molecule has 4 fully saturated rings. The zero-order chi connectivity index (χ0) is 37.7. The maximum absolute atomic E-state index is 15.0. The van der Waals surface area contributed by atoms with Gasteiger partial charge in [0.25, 0.3) is 12.3 Å². The molecule has 3 N–H and O–H groups in total. The number of benzene rings is 1. The predicted molar refractivity (Wildman–Crippen MR) is 190 cm³/mol. The zero-order valence-electron chi connectivity index (χ0n) is 29.3. The molecule has 286 valence electrons. The van der Waals surface area contributed by atoms with Gasteiger partial charge in [0.05, 0.1) is 24.4 Å². The third-order valence-electron chi connectivity index (χ3n) is 11.2. The number of hydrogen-bond donors (Lipinski definition) is 2.